The Morgan fingerprint density at radius 2 is 2.36 bits per heavy atom. The molecule has 8 nitrogen and oxygen atoms in total. The number of nitro groups is 1. The monoisotopic (exact) mass is 362 g/mol. The highest BCUT2D eigenvalue weighted by Gasteiger charge is 2.28. The van der Waals surface area contributed by atoms with Gasteiger partial charge in [-0.2, -0.15) is 5.10 Å². The summed E-state index contributed by atoms with van der Waals surface area (Å²) in [4.78, 5) is 14.9. The molecule has 2 aliphatic rings. The lowest BCUT2D eigenvalue weighted by Gasteiger charge is -2.33. The van der Waals surface area contributed by atoms with E-state index >= 15 is 0 Å². The van der Waals surface area contributed by atoms with Crippen LogP contribution in [0.3, 0.4) is 0 Å². The molecule has 2 atom stereocenters. The third-order valence-corrected chi connectivity index (χ3v) is 5.50. The SMILES string of the molecule is O=[N+]([O-])c1cccc2oc(CSC3CC(N4CCC=N4)CCO3)nc12. The summed E-state index contributed by atoms with van der Waals surface area (Å²) in [7, 11) is 0. The van der Waals surface area contributed by atoms with Crippen LogP contribution in [-0.4, -0.2) is 45.8 Å². The Balaban J connectivity index is 1.41. The lowest BCUT2D eigenvalue weighted by atomic mass is 10.1. The van der Waals surface area contributed by atoms with Crippen molar-refractivity contribution in [1.29, 1.82) is 0 Å². The number of para-hydroxylation sites is 1. The zero-order chi connectivity index (χ0) is 17.2. The quantitative estimate of drug-likeness (QED) is 0.595. The maximum atomic E-state index is 11.1. The fraction of sp³-hybridized carbons (Fsp3) is 0.500. The van der Waals surface area contributed by atoms with Gasteiger partial charge in [0.2, 0.25) is 5.89 Å². The van der Waals surface area contributed by atoms with Crippen LogP contribution in [0.15, 0.2) is 27.7 Å². The van der Waals surface area contributed by atoms with E-state index < -0.39 is 4.92 Å². The molecule has 1 aromatic heterocycles. The van der Waals surface area contributed by atoms with E-state index in [4.69, 9.17) is 9.15 Å². The molecule has 0 saturated carbocycles. The number of nitrogens with zero attached hydrogens (tertiary/aromatic N) is 4. The zero-order valence-electron chi connectivity index (χ0n) is 13.5. The van der Waals surface area contributed by atoms with Gasteiger partial charge in [0.15, 0.2) is 11.1 Å². The average molecular weight is 362 g/mol. The first-order valence-corrected chi connectivity index (χ1v) is 9.30. The first kappa shape index (κ1) is 16.3. The van der Waals surface area contributed by atoms with Crippen LogP contribution in [0.5, 0.6) is 0 Å². The minimum atomic E-state index is -0.437. The maximum absolute atomic E-state index is 11.1. The summed E-state index contributed by atoms with van der Waals surface area (Å²) in [5.74, 6) is 1.01. The number of thioether (sulfide) groups is 1. The molecule has 25 heavy (non-hydrogen) atoms. The molecule has 0 bridgehead atoms. The van der Waals surface area contributed by atoms with Gasteiger partial charge in [-0.15, -0.1) is 11.8 Å². The van der Waals surface area contributed by atoms with Crippen LogP contribution in [0.4, 0.5) is 5.69 Å². The van der Waals surface area contributed by atoms with E-state index in [1.807, 2.05) is 6.21 Å². The number of rotatable bonds is 5. The number of oxazole rings is 1. The molecule has 0 amide bonds. The van der Waals surface area contributed by atoms with Crippen LogP contribution in [-0.2, 0) is 10.5 Å². The molecule has 3 heterocycles. The topological polar surface area (TPSA) is 94.0 Å². The van der Waals surface area contributed by atoms with Crippen molar-refractivity contribution in [2.75, 3.05) is 13.2 Å². The molecule has 1 aromatic carbocycles. The van der Waals surface area contributed by atoms with Crippen LogP contribution in [0.2, 0.25) is 0 Å². The molecule has 0 aliphatic carbocycles. The molecule has 1 fully saturated rings. The third kappa shape index (κ3) is 3.47. The number of nitro benzene ring substituents is 1. The summed E-state index contributed by atoms with van der Waals surface area (Å²) in [5, 5.41) is 17.6. The second-order valence-corrected chi connectivity index (χ2v) is 7.18. The Labute approximate surface area is 148 Å². The number of hydrazone groups is 1. The number of ether oxygens (including phenoxy) is 1. The summed E-state index contributed by atoms with van der Waals surface area (Å²) in [6.07, 6.45) is 4.87. The van der Waals surface area contributed by atoms with E-state index in [0.717, 1.165) is 25.8 Å². The lowest BCUT2D eigenvalue weighted by molar-refractivity contribution is -0.383. The van der Waals surface area contributed by atoms with Crippen molar-refractivity contribution in [3.05, 3.63) is 34.2 Å². The largest absolute Gasteiger partial charge is 0.440 e. The molecule has 0 N–H and O–H groups in total. The molecule has 1 saturated heterocycles. The number of aromatic nitrogens is 1. The van der Waals surface area contributed by atoms with Gasteiger partial charge in [-0.1, -0.05) is 6.07 Å². The van der Waals surface area contributed by atoms with Gasteiger partial charge in [0.1, 0.15) is 5.44 Å². The number of fused-ring (bicyclic) bond motifs is 1. The van der Waals surface area contributed by atoms with Gasteiger partial charge in [-0.3, -0.25) is 15.1 Å². The van der Waals surface area contributed by atoms with Crippen molar-refractivity contribution in [2.24, 2.45) is 5.10 Å². The minimum absolute atomic E-state index is 0.0293. The summed E-state index contributed by atoms with van der Waals surface area (Å²) in [6.45, 7) is 1.70. The highest BCUT2D eigenvalue weighted by atomic mass is 32.2. The van der Waals surface area contributed by atoms with E-state index in [0.29, 0.717) is 35.4 Å². The molecule has 4 rings (SSSR count). The maximum Gasteiger partial charge on any atom is 0.298 e. The normalized spacial score (nSPS) is 23.4. The van der Waals surface area contributed by atoms with E-state index in [9.17, 15) is 10.1 Å². The Kier molecular flexibility index (Phi) is 4.58. The van der Waals surface area contributed by atoms with E-state index in [-0.39, 0.29) is 11.1 Å². The molecule has 2 unspecified atom stereocenters. The van der Waals surface area contributed by atoms with Crippen molar-refractivity contribution >= 4 is 34.8 Å². The summed E-state index contributed by atoms with van der Waals surface area (Å²) < 4.78 is 11.5. The standard InChI is InChI=1S/C16H18N4O4S/c21-20(22)12-3-1-4-13-16(12)18-14(24-13)10-25-15-9-11(5-8-23-15)19-7-2-6-17-19/h1,3-4,6,11,15H,2,5,7-10H2. The highest BCUT2D eigenvalue weighted by Crippen LogP contribution is 2.32. The van der Waals surface area contributed by atoms with Crippen LogP contribution < -0.4 is 0 Å². The van der Waals surface area contributed by atoms with Crippen LogP contribution in [0, 0.1) is 10.1 Å². The molecule has 9 heteroatoms. The first-order valence-electron chi connectivity index (χ1n) is 8.26. The number of hydrogen-bond donors (Lipinski definition) is 0. The molecule has 132 valence electrons. The van der Waals surface area contributed by atoms with Gasteiger partial charge >= 0.3 is 0 Å². The van der Waals surface area contributed by atoms with Crippen molar-refractivity contribution in [1.82, 2.24) is 9.99 Å². The molecule has 2 aromatic rings. The van der Waals surface area contributed by atoms with Crippen molar-refractivity contribution < 1.29 is 14.1 Å². The smallest absolute Gasteiger partial charge is 0.298 e. The van der Waals surface area contributed by atoms with E-state index in [1.54, 1.807) is 23.9 Å². The van der Waals surface area contributed by atoms with E-state index in [2.05, 4.69) is 15.1 Å². The third-order valence-electron chi connectivity index (χ3n) is 4.39. The van der Waals surface area contributed by atoms with E-state index in [1.165, 1.54) is 6.07 Å². The summed E-state index contributed by atoms with van der Waals surface area (Å²) >= 11 is 1.62. The Morgan fingerprint density at radius 3 is 3.16 bits per heavy atom. The van der Waals surface area contributed by atoms with Gasteiger partial charge in [0.25, 0.3) is 5.69 Å². The van der Waals surface area contributed by atoms with Crippen molar-refractivity contribution in [2.45, 2.75) is 36.5 Å². The molecular formula is C16H18N4O4S. The summed E-state index contributed by atoms with van der Waals surface area (Å²) in [5.41, 5.74) is 0.772. The second kappa shape index (κ2) is 7.01. The van der Waals surface area contributed by atoms with Crippen molar-refractivity contribution in [3.8, 4) is 0 Å². The fourth-order valence-corrected chi connectivity index (χ4v) is 4.17. The summed E-state index contributed by atoms with van der Waals surface area (Å²) in [6, 6.07) is 5.15. The molecular weight excluding hydrogens is 344 g/mol. The fourth-order valence-electron chi connectivity index (χ4n) is 3.17. The van der Waals surface area contributed by atoms with Crippen LogP contribution >= 0.6 is 11.8 Å². The van der Waals surface area contributed by atoms with Crippen LogP contribution in [0.1, 0.15) is 25.2 Å². The molecule has 0 radical (unpaired) electrons. The highest BCUT2D eigenvalue weighted by molar-refractivity contribution is 7.98. The molecule has 0 spiro atoms. The Morgan fingerprint density at radius 1 is 1.44 bits per heavy atom. The zero-order valence-corrected chi connectivity index (χ0v) is 14.4. The van der Waals surface area contributed by atoms with Crippen LogP contribution in [0.25, 0.3) is 11.1 Å². The second-order valence-electron chi connectivity index (χ2n) is 6.03. The van der Waals surface area contributed by atoms with Gasteiger partial charge in [-0.05, 0) is 12.5 Å². The predicted octanol–water partition coefficient (Wildman–Crippen LogP) is 3.17. The van der Waals surface area contributed by atoms with Crippen molar-refractivity contribution in [3.63, 3.8) is 0 Å². The average Bonchev–Trinajstić information content (AvgIpc) is 3.29. The first-order chi connectivity index (χ1) is 12.2. The van der Waals surface area contributed by atoms with Gasteiger partial charge in [0.05, 0.1) is 23.3 Å². The Hall–Kier alpha value is -2.13. The number of non-ortho nitro benzene ring substituents is 1. The number of benzene rings is 1. The molecule has 2 aliphatic heterocycles. The van der Waals surface area contributed by atoms with Gasteiger partial charge in [-0.25, -0.2) is 4.98 Å². The minimum Gasteiger partial charge on any atom is -0.440 e. The lowest BCUT2D eigenvalue weighted by Crippen LogP contribution is -2.37. The van der Waals surface area contributed by atoms with Gasteiger partial charge < -0.3 is 9.15 Å². The predicted molar refractivity (Wildman–Crippen MR) is 94.5 cm³/mol. The van der Waals surface area contributed by atoms with Gasteiger partial charge in [0, 0.05) is 31.7 Å². The Bertz CT molecular complexity index is 809. The number of hydrogen-bond acceptors (Lipinski definition) is 8.